The number of hydrogen-bond donors (Lipinski definition) is 0. The first-order valence-corrected chi connectivity index (χ1v) is 9.11. The van der Waals surface area contributed by atoms with E-state index in [9.17, 15) is 9.59 Å². The first-order chi connectivity index (χ1) is 12.6. The van der Waals surface area contributed by atoms with E-state index >= 15 is 0 Å². The zero-order chi connectivity index (χ0) is 20.2. The molecular weight excluding hydrogens is 346 g/mol. The number of rotatable bonds is 4. The van der Waals surface area contributed by atoms with Crippen LogP contribution in [0.5, 0.6) is 5.75 Å². The minimum atomic E-state index is -0.986. The molecule has 1 atom stereocenters. The fourth-order valence-corrected chi connectivity index (χ4v) is 3.10. The van der Waals surface area contributed by atoms with Crippen molar-refractivity contribution < 1.29 is 23.8 Å². The molecule has 0 saturated heterocycles. The lowest BCUT2D eigenvalue weighted by molar-refractivity contribution is -0.151. The monoisotopic (exact) mass is 375 g/mol. The highest BCUT2D eigenvalue weighted by Gasteiger charge is 2.44. The summed E-state index contributed by atoms with van der Waals surface area (Å²) in [7, 11) is 1.61. The SMILES string of the molecule is CCOC(=O)[C@@]1(C)CN(C(=O)OC(C)(C)C)CC=C1c1ccc(OC)cc1. The molecule has 1 heterocycles. The molecule has 2 rings (SSSR count). The Balaban J connectivity index is 2.38. The number of ether oxygens (including phenoxy) is 3. The van der Waals surface area contributed by atoms with Gasteiger partial charge in [0.2, 0.25) is 0 Å². The predicted molar refractivity (Wildman–Crippen MR) is 104 cm³/mol. The molecule has 0 bridgehead atoms. The molecule has 0 unspecified atom stereocenters. The van der Waals surface area contributed by atoms with Gasteiger partial charge in [0, 0.05) is 13.1 Å². The summed E-state index contributed by atoms with van der Waals surface area (Å²) >= 11 is 0. The van der Waals surface area contributed by atoms with Crippen LogP contribution in [0.4, 0.5) is 4.79 Å². The summed E-state index contributed by atoms with van der Waals surface area (Å²) in [5.41, 5.74) is 0.149. The van der Waals surface area contributed by atoms with E-state index in [1.165, 1.54) is 4.90 Å². The number of benzene rings is 1. The van der Waals surface area contributed by atoms with Crippen molar-refractivity contribution in [3.8, 4) is 5.75 Å². The first-order valence-electron chi connectivity index (χ1n) is 9.11. The van der Waals surface area contributed by atoms with Crippen LogP contribution < -0.4 is 4.74 Å². The Labute approximate surface area is 161 Å². The highest BCUT2D eigenvalue weighted by Crippen LogP contribution is 2.40. The Kier molecular flexibility index (Phi) is 6.19. The van der Waals surface area contributed by atoms with Gasteiger partial charge < -0.3 is 19.1 Å². The van der Waals surface area contributed by atoms with Crippen LogP contribution in [-0.4, -0.2) is 49.4 Å². The van der Waals surface area contributed by atoms with Crippen molar-refractivity contribution in [3.05, 3.63) is 35.9 Å². The highest BCUT2D eigenvalue weighted by atomic mass is 16.6. The number of methoxy groups -OCH3 is 1. The summed E-state index contributed by atoms with van der Waals surface area (Å²) in [6.45, 7) is 9.86. The number of amides is 1. The molecule has 148 valence electrons. The Bertz CT molecular complexity index is 717. The maximum Gasteiger partial charge on any atom is 0.410 e. The van der Waals surface area contributed by atoms with Crippen LogP contribution in [0.1, 0.15) is 40.2 Å². The van der Waals surface area contributed by atoms with Crippen LogP contribution in [-0.2, 0) is 14.3 Å². The number of nitrogens with zero attached hydrogens (tertiary/aromatic N) is 1. The summed E-state index contributed by atoms with van der Waals surface area (Å²) < 4.78 is 16.0. The quantitative estimate of drug-likeness (QED) is 0.747. The molecule has 6 heteroatoms. The molecule has 0 fully saturated rings. The number of carbonyl (C=O) groups excluding carboxylic acids is 2. The van der Waals surface area contributed by atoms with Gasteiger partial charge >= 0.3 is 12.1 Å². The van der Waals surface area contributed by atoms with E-state index in [1.807, 2.05) is 51.1 Å². The zero-order valence-electron chi connectivity index (χ0n) is 17.0. The molecule has 27 heavy (non-hydrogen) atoms. The second kappa shape index (κ2) is 8.03. The lowest BCUT2D eigenvalue weighted by Crippen LogP contribution is -2.49. The third kappa shape index (κ3) is 4.81. The van der Waals surface area contributed by atoms with E-state index in [-0.39, 0.29) is 19.1 Å². The van der Waals surface area contributed by atoms with Gasteiger partial charge in [-0.3, -0.25) is 4.79 Å². The van der Waals surface area contributed by atoms with Gasteiger partial charge in [-0.05, 0) is 57.9 Å². The Hall–Kier alpha value is -2.50. The maximum absolute atomic E-state index is 12.8. The van der Waals surface area contributed by atoms with Crippen molar-refractivity contribution in [2.75, 3.05) is 26.8 Å². The van der Waals surface area contributed by atoms with Gasteiger partial charge in [0.1, 0.15) is 16.8 Å². The van der Waals surface area contributed by atoms with Gasteiger partial charge in [0.15, 0.2) is 0 Å². The smallest absolute Gasteiger partial charge is 0.410 e. The van der Waals surface area contributed by atoms with E-state index in [4.69, 9.17) is 14.2 Å². The summed E-state index contributed by atoms with van der Waals surface area (Å²) in [5, 5.41) is 0. The normalized spacial score (nSPS) is 19.9. The molecule has 1 aromatic carbocycles. The van der Waals surface area contributed by atoms with Crippen LogP contribution in [0.25, 0.3) is 5.57 Å². The lowest BCUT2D eigenvalue weighted by Gasteiger charge is -2.39. The first kappa shape index (κ1) is 20.8. The molecule has 0 saturated carbocycles. The van der Waals surface area contributed by atoms with Gasteiger partial charge in [0.05, 0.1) is 13.7 Å². The second-order valence-electron chi connectivity index (χ2n) is 7.76. The highest BCUT2D eigenvalue weighted by molar-refractivity contribution is 5.94. The summed E-state index contributed by atoms with van der Waals surface area (Å²) in [6, 6.07) is 7.51. The summed E-state index contributed by atoms with van der Waals surface area (Å²) in [4.78, 5) is 26.9. The van der Waals surface area contributed by atoms with Gasteiger partial charge in [-0.25, -0.2) is 4.79 Å². The van der Waals surface area contributed by atoms with Crippen LogP contribution in [0.3, 0.4) is 0 Å². The van der Waals surface area contributed by atoms with E-state index in [0.29, 0.717) is 6.54 Å². The fourth-order valence-electron chi connectivity index (χ4n) is 3.10. The standard InChI is InChI=1S/C21H29NO5/c1-7-26-18(23)21(5)14-22(19(24)27-20(2,3)4)13-12-17(21)15-8-10-16(25-6)11-9-15/h8-12H,7,13-14H2,1-6H3/t21-/m0/s1. The topological polar surface area (TPSA) is 65.1 Å². The molecular formula is C21H29NO5. The molecule has 0 N–H and O–H groups in total. The molecule has 1 amide bonds. The molecule has 0 aliphatic carbocycles. The number of carbonyl (C=O) groups is 2. The molecule has 0 spiro atoms. The van der Waals surface area contributed by atoms with E-state index in [1.54, 1.807) is 21.0 Å². The molecule has 1 aliphatic rings. The summed E-state index contributed by atoms with van der Waals surface area (Å²) in [6.07, 6.45) is 1.45. The average molecular weight is 375 g/mol. The van der Waals surface area contributed by atoms with Crippen molar-refractivity contribution >= 4 is 17.6 Å². The third-order valence-corrected chi connectivity index (χ3v) is 4.40. The van der Waals surface area contributed by atoms with Gasteiger partial charge in [-0.1, -0.05) is 18.2 Å². The Morgan fingerprint density at radius 2 is 1.81 bits per heavy atom. The second-order valence-corrected chi connectivity index (χ2v) is 7.76. The minimum Gasteiger partial charge on any atom is -0.497 e. The van der Waals surface area contributed by atoms with E-state index in [0.717, 1.165) is 16.9 Å². The minimum absolute atomic E-state index is 0.193. The lowest BCUT2D eigenvalue weighted by atomic mass is 9.76. The maximum atomic E-state index is 12.8. The van der Waals surface area contributed by atoms with Gasteiger partial charge in [0.25, 0.3) is 0 Å². The molecule has 6 nitrogen and oxygen atoms in total. The number of esters is 1. The van der Waals surface area contributed by atoms with Gasteiger partial charge in [-0.15, -0.1) is 0 Å². The van der Waals surface area contributed by atoms with E-state index in [2.05, 4.69) is 0 Å². The van der Waals surface area contributed by atoms with Crippen molar-refractivity contribution in [2.45, 2.75) is 40.2 Å². The van der Waals surface area contributed by atoms with Crippen LogP contribution in [0.2, 0.25) is 0 Å². The zero-order valence-corrected chi connectivity index (χ0v) is 17.0. The van der Waals surface area contributed by atoms with E-state index < -0.39 is 17.1 Å². The summed E-state index contributed by atoms with van der Waals surface area (Å²) in [5.74, 6) is 0.378. The molecule has 0 aromatic heterocycles. The number of hydrogen-bond acceptors (Lipinski definition) is 5. The van der Waals surface area contributed by atoms with Crippen molar-refractivity contribution in [1.29, 1.82) is 0 Å². The molecule has 0 radical (unpaired) electrons. The molecule has 1 aromatic rings. The Morgan fingerprint density at radius 3 is 2.33 bits per heavy atom. The van der Waals surface area contributed by atoms with Crippen LogP contribution >= 0.6 is 0 Å². The molecule has 1 aliphatic heterocycles. The van der Waals surface area contributed by atoms with Crippen molar-refractivity contribution in [2.24, 2.45) is 5.41 Å². The van der Waals surface area contributed by atoms with Gasteiger partial charge in [-0.2, -0.15) is 0 Å². The third-order valence-electron chi connectivity index (χ3n) is 4.40. The van der Waals surface area contributed by atoms with Crippen molar-refractivity contribution in [1.82, 2.24) is 4.90 Å². The average Bonchev–Trinajstić information content (AvgIpc) is 2.60. The van der Waals surface area contributed by atoms with Crippen molar-refractivity contribution in [3.63, 3.8) is 0 Å². The largest absolute Gasteiger partial charge is 0.497 e. The van der Waals surface area contributed by atoms with Crippen LogP contribution in [0, 0.1) is 5.41 Å². The van der Waals surface area contributed by atoms with Crippen LogP contribution in [0.15, 0.2) is 30.3 Å². The Morgan fingerprint density at radius 1 is 1.19 bits per heavy atom. The fraction of sp³-hybridized carbons (Fsp3) is 0.524. The predicted octanol–water partition coefficient (Wildman–Crippen LogP) is 3.90.